The second-order valence-electron chi connectivity index (χ2n) is 3.88. The molecule has 0 saturated heterocycles. The second-order valence-corrected chi connectivity index (χ2v) is 3.88. The Morgan fingerprint density at radius 1 is 1.18 bits per heavy atom. The van der Waals surface area contributed by atoms with Crippen molar-refractivity contribution in [1.82, 2.24) is 5.32 Å². The normalized spacial score (nSPS) is 8.94. The van der Waals surface area contributed by atoms with Gasteiger partial charge in [0.2, 0.25) is 0 Å². The van der Waals surface area contributed by atoms with Crippen molar-refractivity contribution in [2.45, 2.75) is 20.8 Å². The average Bonchev–Trinajstić information content (AvgIpc) is 2.24. The summed E-state index contributed by atoms with van der Waals surface area (Å²) in [6.07, 6.45) is 0. The third kappa shape index (κ3) is 5.12. The number of ether oxygens (including phenoxy) is 1. The van der Waals surface area contributed by atoms with E-state index in [4.69, 9.17) is 4.74 Å². The zero-order valence-electron chi connectivity index (χ0n) is 10.9. The first-order valence-electron chi connectivity index (χ1n) is 5.46. The molecule has 1 aromatic carbocycles. The van der Waals surface area contributed by atoms with Crippen LogP contribution in [0.2, 0.25) is 0 Å². The van der Waals surface area contributed by atoms with E-state index in [9.17, 15) is 0 Å². The van der Waals surface area contributed by atoms with Gasteiger partial charge in [-0.05, 0) is 50.6 Å². The molecule has 0 aliphatic heterocycles. The summed E-state index contributed by atoms with van der Waals surface area (Å²) in [7, 11) is 1.88. The predicted molar refractivity (Wildman–Crippen MR) is 75.1 cm³/mol. The average molecular weight is 254 g/mol. The predicted octanol–water partition coefficient (Wildman–Crippen LogP) is 2.64. The Morgan fingerprint density at radius 3 is 2.53 bits per heavy atom. The van der Waals surface area contributed by atoms with Crippen molar-refractivity contribution in [2.75, 3.05) is 20.2 Å². The van der Waals surface area contributed by atoms with Crippen LogP contribution in [-0.4, -0.2) is 20.2 Å². The highest BCUT2D eigenvalue weighted by molar-refractivity contribution is 5.85. The first-order valence-corrected chi connectivity index (χ1v) is 5.46. The summed E-state index contributed by atoms with van der Waals surface area (Å²) in [5.74, 6) is 6.88. The molecule has 0 heterocycles. The largest absolute Gasteiger partial charge is 0.481 e. The summed E-state index contributed by atoms with van der Waals surface area (Å²) in [5, 5.41) is 2.97. The van der Waals surface area contributed by atoms with Crippen molar-refractivity contribution in [1.29, 1.82) is 0 Å². The Morgan fingerprint density at radius 2 is 1.88 bits per heavy atom. The van der Waals surface area contributed by atoms with Crippen LogP contribution in [-0.2, 0) is 0 Å². The topological polar surface area (TPSA) is 21.3 Å². The minimum Gasteiger partial charge on any atom is -0.481 e. The molecular weight excluding hydrogens is 234 g/mol. The monoisotopic (exact) mass is 253 g/mol. The summed E-state index contributed by atoms with van der Waals surface area (Å²) in [6.45, 7) is 7.40. The van der Waals surface area contributed by atoms with E-state index in [1.165, 1.54) is 16.7 Å². The van der Waals surface area contributed by atoms with Crippen molar-refractivity contribution >= 4 is 12.4 Å². The van der Waals surface area contributed by atoms with Gasteiger partial charge in [0.05, 0.1) is 6.54 Å². The number of rotatable bonds is 3. The van der Waals surface area contributed by atoms with Gasteiger partial charge in [-0.25, -0.2) is 0 Å². The van der Waals surface area contributed by atoms with Crippen molar-refractivity contribution in [3.05, 3.63) is 28.8 Å². The molecule has 1 N–H and O–H groups in total. The van der Waals surface area contributed by atoms with Gasteiger partial charge in [0.15, 0.2) is 0 Å². The first-order chi connectivity index (χ1) is 7.65. The van der Waals surface area contributed by atoms with E-state index in [2.05, 4.69) is 50.1 Å². The van der Waals surface area contributed by atoms with Gasteiger partial charge in [-0.3, -0.25) is 0 Å². The Balaban J connectivity index is 0.00000256. The molecule has 0 aromatic heterocycles. The molecule has 0 amide bonds. The van der Waals surface area contributed by atoms with Gasteiger partial charge in [-0.15, -0.1) is 12.4 Å². The second kappa shape index (κ2) is 8.00. The number of halogens is 1. The van der Waals surface area contributed by atoms with E-state index in [1.807, 2.05) is 7.05 Å². The maximum Gasteiger partial charge on any atom is 0.149 e. The molecule has 0 saturated carbocycles. The smallest absolute Gasteiger partial charge is 0.149 e. The lowest BCUT2D eigenvalue weighted by molar-refractivity contribution is 0.367. The first kappa shape index (κ1) is 15.8. The zero-order chi connectivity index (χ0) is 12.0. The van der Waals surface area contributed by atoms with E-state index in [0.29, 0.717) is 13.2 Å². The minimum absolute atomic E-state index is 0. The maximum absolute atomic E-state index is 5.64. The van der Waals surface area contributed by atoms with Crippen molar-refractivity contribution in [2.24, 2.45) is 0 Å². The van der Waals surface area contributed by atoms with Gasteiger partial charge in [-0.1, -0.05) is 17.9 Å². The van der Waals surface area contributed by atoms with Crippen molar-refractivity contribution in [3.63, 3.8) is 0 Å². The minimum atomic E-state index is 0. The van der Waals surface area contributed by atoms with E-state index in [1.54, 1.807) is 0 Å². The SMILES string of the molecule is CNCC#CCOc1cc(C)cc(C)c1C.Cl. The molecule has 94 valence electrons. The Bertz CT molecular complexity index is 418. The molecule has 0 unspecified atom stereocenters. The lowest BCUT2D eigenvalue weighted by atomic mass is 10.1. The zero-order valence-corrected chi connectivity index (χ0v) is 11.7. The molecule has 2 nitrogen and oxygen atoms in total. The molecule has 0 atom stereocenters. The van der Waals surface area contributed by atoms with Crippen LogP contribution in [0.3, 0.4) is 0 Å². The van der Waals surface area contributed by atoms with Gasteiger partial charge in [0.1, 0.15) is 12.4 Å². The van der Waals surface area contributed by atoms with E-state index in [0.717, 1.165) is 5.75 Å². The highest BCUT2D eigenvalue weighted by atomic mass is 35.5. The fourth-order valence-electron chi connectivity index (χ4n) is 1.47. The molecule has 0 aliphatic rings. The van der Waals surface area contributed by atoms with Crippen LogP contribution in [0, 0.1) is 32.6 Å². The highest BCUT2D eigenvalue weighted by Gasteiger charge is 2.02. The van der Waals surface area contributed by atoms with Crippen LogP contribution >= 0.6 is 12.4 Å². The lowest BCUT2D eigenvalue weighted by Gasteiger charge is -2.10. The molecule has 0 fully saturated rings. The summed E-state index contributed by atoms with van der Waals surface area (Å²) >= 11 is 0. The van der Waals surface area contributed by atoms with Crippen molar-refractivity contribution < 1.29 is 4.74 Å². The molecule has 17 heavy (non-hydrogen) atoms. The standard InChI is InChI=1S/C14H19NO.ClH/c1-11-9-12(2)13(3)14(10-11)16-8-6-5-7-15-4;/h9-10,15H,7-8H2,1-4H3;1H. The summed E-state index contributed by atoms with van der Waals surface area (Å²) in [6, 6.07) is 4.22. The summed E-state index contributed by atoms with van der Waals surface area (Å²) in [4.78, 5) is 0. The fourth-order valence-corrected chi connectivity index (χ4v) is 1.47. The Kier molecular flexibility index (Phi) is 7.45. The van der Waals surface area contributed by atoms with Crippen LogP contribution in [0.5, 0.6) is 5.75 Å². The molecule has 0 bridgehead atoms. The van der Waals surface area contributed by atoms with Gasteiger partial charge < -0.3 is 10.1 Å². The van der Waals surface area contributed by atoms with Crippen LogP contribution < -0.4 is 10.1 Å². The van der Waals surface area contributed by atoms with Crippen LogP contribution in [0.15, 0.2) is 12.1 Å². The molecule has 0 spiro atoms. The van der Waals surface area contributed by atoms with Gasteiger partial charge in [0.25, 0.3) is 0 Å². The summed E-state index contributed by atoms with van der Waals surface area (Å²) < 4.78 is 5.64. The number of hydrogen-bond acceptors (Lipinski definition) is 2. The van der Waals surface area contributed by atoms with Crippen molar-refractivity contribution in [3.8, 4) is 17.6 Å². The lowest BCUT2D eigenvalue weighted by Crippen LogP contribution is -2.05. The van der Waals surface area contributed by atoms with E-state index in [-0.39, 0.29) is 12.4 Å². The van der Waals surface area contributed by atoms with Crippen LogP contribution in [0.4, 0.5) is 0 Å². The molecular formula is C14H20ClNO. The highest BCUT2D eigenvalue weighted by Crippen LogP contribution is 2.22. The number of hydrogen-bond donors (Lipinski definition) is 1. The van der Waals surface area contributed by atoms with Crippen LogP contribution in [0.1, 0.15) is 16.7 Å². The van der Waals surface area contributed by atoms with Crippen LogP contribution in [0.25, 0.3) is 0 Å². The number of nitrogens with one attached hydrogen (secondary N) is 1. The Hall–Kier alpha value is -1.17. The fraction of sp³-hybridized carbons (Fsp3) is 0.429. The van der Waals surface area contributed by atoms with Gasteiger partial charge >= 0.3 is 0 Å². The maximum atomic E-state index is 5.64. The molecule has 3 heteroatoms. The molecule has 1 aromatic rings. The third-order valence-electron chi connectivity index (χ3n) is 2.45. The number of aryl methyl sites for hydroxylation is 2. The quantitative estimate of drug-likeness (QED) is 0.837. The number of benzene rings is 1. The molecule has 0 aliphatic carbocycles. The molecule has 0 radical (unpaired) electrons. The molecule has 1 rings (SSSR count). The van der Waals surface area contributed by atoms with Gasteiger partial charge in [0, 0.05) is 0 Å². The summed E-state index contributed by atoms with van der Waals surface area (Å²) in [5.41, 5.74) is 3.68. The van der Waals surface area contributed by atoms with E-state index < -0.39 is 0 Å². The van der Waals surface area contributed by atoms with Gasteiger partial charge in [-0.2, -0.15) is 0 Å². The Labute approximate surface area is 110 Å². The third-order valence-corrected chi connectivity index (χ3v) is 2.45. The van der Waals surface area contributed by atoms with E-state index >= 15 is 0 Å².